The molecular formula is C15H23NO2. The highest BCUT2D eigenvalue weighted by molar-refractivity contribution is 5.33. The smallest absolute Gasteiger partial charge is 0.0815 e. The highest BCUT2D eigenvalue weighted by Crippen LogP contribution is 2.20. The Hall–Kier alpha value is -0.900. The van der Waals surface area contributed by atoms with E-state index in [0.717, 1.165) is 19.4 Å². The first-order chi connectivity index (χ1) is 8.61. The predicted octanol–water partition coefficient (Wildman–Crippen LogP) is 1.93. The summed E-state index contributed by atoms with van der Waals surface area (Å²) >= 11 is 0. The topological polar surface area (TPSA) is 41.5 Å². The minimum atomic E-state index is -0.588. The maximum absolute atomic E-state index is 10.3. The van der Waals surface area contributed by atoms with Crippen molar-refractivity contribution in [1.29, 1.82) is 0 Å². The molecule has 1 aliphatic rings. The van der Waals surface area contributed by atoms with Crippen LogP contribution in [0, 0.1) is 13.8 Å². The van der Waals surface area contributed by atoms with Crippen molar-refractivity contribution < 1.29 is 9.84 Å². The lowest BCUT2D eigenvalue weighted by Gasteiger charge is -2.32. The number of rotatable bonds is 4. The highest BCUT2D eigenvalue weighted by Gasteiger charge is 2.29. The van der Waals surface area contributed by atoms with Gasteiger partial charge in [0.05, 0.1) is 5.60 Å². The molecule has 3 nitrogen and oxygen atoms in total. The summed E-state index contributed by atoms with van der Waals surface area (Å²) in [4.78, 5) is 0. The Bertz CT molecular complexity index is 377. The molecule has 0 atom stereocenters. The fourth-order valence-corrected chi connectivity index (χ4v) is 2.48. The zero-order valence-electron chi connectivity index (χ0n) is 11.3. The van der Waals surface area contributed by atoms with E-state index >= 15 is 0 Å². The van der Waals surface area contributed by atoms with Gasteiger partial charge in [0.2, 0.25) is 0 Å². The van der Waals surface area contributed by atoms with Crippen LogP contribution in [0.3, 0.4) is 0 Å². The van der Waals surface area contributed by atoms with Crippen molar-refractivity contribution in [2.75, 3.05) is 19.8 Å². The van der Waals surface area contributed by atoms with E-state index in [0.29, 0.717) is 19.8 Å². The van der Waals surface area contributed by atoms with Crippen LogP contribution >= 0.6 is 0 Å². The van der Waals surface area contributed by atoms with Crippen molar-refractivity contribution >= 4 is 0 Å². The lowest BCUT2D eigenvalue weighted by Crippen LogP contribution is -2.44. The quantitative estimate of drug-likeness (QED) is 0.857. The van der Waals surface area contributed by atoms with Gasteiger partial charge in [0.25, 0.3) is 0 Å². The second-order valence-corrected chi connectivity index (χ2v) is 5.31. The van der Waals surface area contributed by atoms with Gasteiger partial charge in [0.15, 0.2) is 0 Å². The van der Waals surface area contributed by atoms with E-state index in [1.807, 2.05) is 0 Å². The molecule has 0 aromatic heterocycles. The molecule has 1 aliphatic heterocycles. The second-order valence-electron chi connectivity index (χ2n) is 5.31. The molecule has 0 spiro atoms. The molecular weight excluding hydrogens is 226 g/mol. The van der Waals surface area contributed by atoms with E-state index in [4.69, 9.17) is 4.74 Å². The number of aliphatic hydroxyl groups is 1. The minimum Gasteiger partial charge on any atom is -0.388 e. The van der Waals surface area contributed by atoms with Gasteiger partial charge < -0.3 is 15.2 Å². The molecule has 0 aliphatic carbocycles. The summed E-state index contributed by atoms with van der Waals surface area (Å²) in [6.45, 7) is 7.06. The van der Waals surface area contributed by atoms with Crippen LogP contribution in [0.1, 0.15) is 29.5 Å². The van der Waals surface area contributed by atoms with Gasteiger partial charge in [0.1, 0.15) is 0 Å². The van der Waals surface area contributed by atoms with E-state index in [1.54, 1.807) is 0 Å². The second kappa shape index (κ2) is 5.83. The Balaban J connectivity index is 1.88. The van der Waals surface area contributed by atoms with Gasteiger partial charge in [-0.25, -0.2) is 0 Å². The Labute approximate surface area is 109 Å². The lowest BCUT2D eigenvalue weighted by molar-refractivity contribution is -0.0617. The number of ether oxygens (including phenoxy) is 1. The molecule has 0 bridgehead atoms. The largest absolute Gasteiger partial charge is 0.388 e. The zero-order chi connectivity index (χ0) is 13.0. The third kappa shape index (κ3) is 3.31. The highest BCUT2D eigenvalue weighted by atomic mass is 16.5. The zero-order valence-corrected chi connectivity index (χ0v) is 11.3. The molecule has 0 unspecified atom stereocenters. The molecule has 0 radical (unpaired) electrons. The first-order valence-electron chi connectivity index (χ1n) is 6.67. The minimum absolute atomic E-state index is 0.588. The van der Waals surface area contributed by atoms with E-state index in [1.165, 1.54) is 16.7 Å². The van der Waals surface area contributed by atoms with Crippen LogP contribution in [0.4, 0.5) is 0 Å². The van der Waals surface area contributed by atoms with Crippen molar-refractivity contribution in [2.24, 2.45) is 0 Å². The van der Waals surface area contributed by atoms with Gasteiger partial charge in [-0.15, -0.1) is 0 Å². The maximum atomic E-state index is 10.3. The third-order valence-corrected chi connectivity index (χ3v) is 3.82. The molecule has 0 saturated carbocycles. The molecule has 1 saturated heterocycles. The first-order valence-corrected chi connectivity index (χ1v) is 6.67. The van der Waals surface area contributed by atoms with Gasteiger partial charge in [-0.3, -0.25) is 0 Å². The van der Waals surface area contributed by atoms with Crippen molar-refractivity contribution in [3.05, 3.63) is 34.9 Å². The van der Waals surface area contributed by atoms with Gasteiger partial charge in [-0.1, -0.05) is 18.2 Å². The molecule has 2 N–H and O–H groups in total. The number of hydrogen-bond acceptors (Lipinski definition) is 3. The number of aryl methyl sites for hydroxylation is 2. The SMILES string of the molecule is Cc1cccc(C)c1CNCC1(O)CCOCC1. The number of benzene rings is 1. The van der Waals surface area contributed by atoms with Crippen LogP contribution in [0.25, 0.3) is 0 Å². The maximum Gasteiger partial charge on any atom is 0.0815 e. The van der Waals surface area contributed by atoms with Gasteiger partial charge in [0, 0.05) is 39.1 Å². The van der Waals surface area contributed by atoms with Crippen LogP contribution < -0.4 is 5.32 Å². The van der Waals surface area contributed by atoms with Gasteiger partial charge in [-0.05, 0) is 30.5 Å². The van der Waals surface area contributed by atoms with Crippen LogP contribution in [-0.2, 0) is 11.3 Å². The van der Waals surface area contributed by atoms with Crippen LogP contribution in [0.5, 0.6) is 0 Å². The van der Waals surface area contributed by atoms with Crippen LogP contribution in [0.2, 0.25) is 0 Å². The lowest BCUT2D eigenvalue weighted by atomic mass is 9.94. The van der Waals surface area contributed by atoms with E-state index in [2.05, 4.69) is 37.4 Å². The number of nitrogens with one attached hydrogen (secondary N) is 1. The van der Waals surface area contributed by atoms with Crippen molar-refractivity contribution in [3.8, 4) is 0 Å². The summed E-state index contributed by atoms with van der Waals surface area (Å²) in [5.74, 6) is 0. The molecule has 0 amide bonds. The van der Waals surface area contributed by atoms with Gasteiger partial charge >= 0.3 is 0 Å². The van der Waals surface area contributed by atoms with Crippen LogP contribution in [0.15, 0.2) is 18.2 Å². The van der Waals surface area contributed by atoms with E-state index < -0.39 is 5.60 Å². The fourth-order valence-electron chi connectivity index (χ4n) is 2.48. The summed E-state index contributed by atoms with van der Waals surface area (Å²) < 4.78 is 5.28. The summed E-state index contributed by atoms with van der Waals surface area (Å²) in [6.07, 6.45) is 1.46. The summed E-state index contributed by atoms with van der Waals surface area (Å²) in [7, 11) is 0. The van der Waals surface area contributed by atoms with Crippen molar-refractivity contribution in [2.45, 2.75) is 38.8 Å². The molecule has 18 heavy (non-hydrogen) atoms. The predicted molar refractivity (Wildman–Crippen MR) is 72.6 cm³/mol. The molecule has 1 heterocycles. The third-order valence-electron chi connectivity index (χ3n) is 3.82. The van der Waals surface area contributed by atoms with Crippen LogP contribution in [-0.4, -0.2) is 30.5 Å². The Kier molecular flexibility index (Phi) is 4.38. The Morgan fingerprint density at radius 1 is 1.22 bits per heavy atom. The Morgan fingerprint density at radius 3 is 2.44 bits per heavy atom. The number of hydrogen-bond donors (Lipinski definition) is 2. The fraction of sp³-hybridized carbons (Fsp3) is 0.600. The standard InChI is InChI=1S/C15H23NO2/c1-12-4-3-5-13(2)14(12)10-16-11-15(17)6-8-18-9-7-15/h3-5,16-17H,6-11H2,1-2H3. The molecule has 3 heteroatoms. The summed E-state index contributed by atoms with van der Waals surface area (Å²) in [5, 5.41) is 13.7. The van der Waals surface area contributed by atoms with Crippen molar-refractivity contribution in [3.63, 3.8) is 0 Å². The first kappa shape index (κ1) is 13.5. The normalized spacial score (nSPS) is 18.8. The summed E-state index contributed by atoms with van der Waals surface area (Å²) in [6, 6.07) is 6.35. The van der Waals surface area contributed by atoms with E-state index in [-0.39, 0.29) is 0 Å². The van der Waals surface area contributed by atoms with Crippen molar-refractivity contribution in [1.82, 2.24) is 5.32 Å². The van der Waals surface area contributed by atoms with E-state index in [9.17, 15) is 5.11 Å². The average Bonchev–Trinajstić information content (AvgIpc) is 2.34. The van der Waals surface area contributed by atoms with Gasteiger partial charge in [-0.2, -0.15) is 0 Å². The summed E-state index contributed by atoms with van der Waals surface area (Å²) in [5.41, 5.74) is 3.37. The average molecular weight is 249 g/mol. The molecule has 100 valence electrons. The monoisotopic (exact) mass is 249 g/mol. The molecule has 1 fully saturated rings. The molecule has 1 aromatic rings. The molecule has 1 aromatic carbocycles. The Morgan fingerprint density at radius 2 is 1.83 bits per heavy atom. The molecule has 2 rings (SSSR count).